The highest BCUT2D eigenvalue weighted by Crippen LogP contribution is 2.44. The molecule has 2 heteroatoms. The molecule has 0 spiro atoms. The van der Waals surface area contributed by atoms with Crippen LogP contribution in [0.2, 0.25) is 0 Å². The van der Waals surface area contributed by atoms with Crippen molar-refractivity contribution in [2.75, 3.05) is 6.61 Å². The summed E-state index contributed by atoms with van der Waals surface area (Å²) in [5.74, 6) is 2.23. The minimum Gasteiger partial charge on any atom is -0.493 e. The SMILES string of the molecule is CC1COc2ccccc2C1NC1CC1c1ccccc1. The first kappa shape index (κ1) is 12.9. The number of ether oxygens (including phenoxy) is 1. The summed E-state index contributed by atoms with van der Waals surface area (Å²) in [5, 5.41) is 3.87. The number of rotatable bonds is 3. The summed E-state index contributed by atoms with van der Waals surface area (Å²) in [4.78, 5) is 0. The molecule has 0 bridgehead atoms. The van der Waals surface area contributed by atoms with Crippen molar-refractivity contribution < 1.29 is 4.74 Å². The first-order valence-electron chi connectivity index (χ1n) is 7.85. The van der Waals surface area contributed by atoms with Crippen LogP contribution < -0.4 is 10.1 Å². The molecule has 2 aromatic rings. The first-order chi connectivity index (χ1) is 10.3. The smallest absolute Gasteiger partial charge is 0.124 e. The Bertz CT molecular complexity index is 624. The number of hydrogen-bond donors (Lipinski definition) is 1. The maximum absolute atomic E-state index is 5.84. The maximum Gasteiger partial charge on any atom is 0.124 e. The third-order valence-electron chi connectivity index (χ3n) is 4.74. The standard InChI is InChI=1S/C19H21NO/c1-13-12-21-18-10-6-5-9-15(18)19(13)20-17-11-16(17)14-7-3-2-4-8-14/h2-10,13,16-17,19-20H,11-12H2,1H3. The summed E-state index contributed by atoms with van der Waals surface area (Å²) in [6.07, 6.45) is 1.25. The fourth-order valence-electron chi connectivity index (χ4n) is 3.43. The van der Waals surface area contributed by atoms with Crippen LogP contribution in [0.15, 0.2) is 54.6 Å². The Kier molecular flexibility index (Phi) is 3.19. The Morgan fingerprint density at radius 3 is 2.62 bits per heavy atom. The van der Waals surface area contributed by atoms with E-state index in [9.17, 15) is 0 Å². The van der Waals surface area contributed by atoms with Crippen LogP contribution in [0, 0.1) is 5.92 Å². The van der Waals surface area contributed by atoms with E-state index in [1.807, 2.05) is 0 Å². The van der Waals surface area contributed by atoms with Gasteiger partial charge in [0, 0.05) is 29.5 Å². The van der Waals surface area contributed by atoms with Crippen LogP contribution in [0.1, 0.15) is 36.4 Å². The van der Waals surface area contributed by atoms with Gasteiger partial charge in [0.15, 0.2) is 0 Å². The second-order valence-corrected chi connectivity index (χ2v) is 6.33. The van der Waals surface area contributed by atoms with Gasteiger partial charge in [0.1, 0.15) is 5.75 Å². The molecule has 0 saturated heterocycles. The number of fused-ring (bicyclic) bond motifs is 1. The third kappa shape index (κ3) is 2.44. The van der Waals surface area contributed by atoms with E-state index in [2.05, 4.69) is 66.8 Å². The summed E-state index contributed by atoms with van der Waals surface area (Å²) in [7, 11) is 0. The lowest BCUT2D eigenvalue weighted by molar-refractivity contribution is 0.187. The van der Waals surface area contributed by atoms with Crippen molar-refractivity contribution in [2.24, 2.45) is 5.92 Å². The molecule has 4 rings (SSSR count). The predicted molar refractivity (Wildman–Crippen MR) is 84.6 cm³/mol. The number of benzene rings is 2. The zero-order chi connectivity index (χ0) is 14.2. The van der Waals surface area contributed by atoms with E-state index in [4.69, 9.17) is 4.74 Å². The fraction of sp³-hybridized carbons (Fsp3) is 0.368. The predicted octanol–water partition coefficient (Wildman–Crippen LogP) is 3.90. The van der Waals surface area contributed by atoms with E-state index in [0.717, 1.165) is 12.4 Å². The summed E-state index contributed by atoms with van der Waals surface area (Å²) in [6.45, 7) is 3.07. The van der Waals surface area contributed by atoms with Gasteiger partial charge in [-0.1, -0.05) is 55.5 Å². The molecule has 2 nitrogen and oxygen atoms in total. The lowest BCUT2D eigenvalue weighted by Gasteiger charge is -2.32. The minimum absolute atomic E-state index is 0.411. The molecule has 4 atom stereocenters. The van der Waals surface area contributed by atoms with E-state index in [1.54, 1.807) is 0 Å². The van der Waals surface area contributed by atoms with Gasteiger partial charge in [0.05, 0.1) is 6.61 Å². The Balaban J connectivity index is 1.51. The molecule has 4 unspecified atom stereocenters. The molecule has 108 valence electrons. The Hall–Kier alpha value is -1.80. The van der Waals surface area contributed by atoms with E-state index in [0.29, 0.717) is 23.9 Å². The topological polar surface area (TPSA) is 21.3 Å². The van der Waals surface area contributed by atoms with Crippen LogP contribution in [-0.2, 0) is 0 Å². The second kappa shape index (κ2) is 5.19. The highest BCUT2D eigenvalue weighted by atomic mass is 16.5. The van der Waals surface area contributed by atoms with Gasteiger partial charge in [0.25, 0.3) is 0 Å². The molecule has 21 heavy (non-hydrogen) atoms. The van der Waals surface area contributed by atoms with E-state index < -0.39 is 0 Å². The fourth-order valence-corrected chi connectivity index (χ4v) is 3.43. The normalized spacial score (nSPS) is 30.3. The quantitative estimate of drug-likeness (QED) is 0.920. The van der Waals surface area contributed by atoms with Crippen LogP contribution in [0.25, 0.3) is 0 Å². The summed E-state index contributed by atoms with van der Waals surface area (Å²) >= 11 is 0. The van der Waals surface area contributed by atoms with Crippen molar-refractivity contribution in [2.45, 2.75) is 31.3 Å². The molecular formula is C19H21NO. The maximum atomic E-state index is 5.84. The first-order valence-corrected chi connectivity index (χ1v) is 7.85. The monoisotopic (exact) mass is 279 g/mol. The van der Waals surface area contributed by atoms with Gasteiger partial charge < -0.3 is 10.1 Å². The van der Waals surface area contributed by atoms with Crippen LogP contribution in [0.4, 0.5) is 0 Å². The third-order valence-corrected chi connectivity index (χ3v) is 4.74. The summed E-state index contributed by atoms with van der Waals surface area (Å²) < 4.78 is 5.84. The van der Waals surface area contributed by atoms with Gasteiger partial charge in [-0.05, 0) is 18.1 Å². The van der Waals surface area contributed by atoms with Crippen LogP contribution in [0.3, 0.4) is 0 Å². The molecule has 1 fully saturated rings. The van der Waals surface area contributed by atoms with Crippen molar-refractivity contribution in [3.63, 3.8) is 0 Å². The van der Waals surface area contributed by atoms with Crippen LogP contribution >= 0.6 is 0 Å². The van der Waals surface area contributed by atoms with Crippen molar-refractivity contribution in [3.8, 4) is 5.75 Å². The zero-order valence-corrected chi connectivity index (χ0v) is 12.3. The van der Waals surface area contributed by atoms with Gasteiger partial charge in [-0.2, -0.15) is 0 Å². The molecule has 1 N–H and O–H groups in total. The highest BCUT2D eigenvalue weighted by Gasteiger charge is 2.41. The van der Waals surface area contributed by atoms with Crippen molar-refractivity contribution in [1.82, 2.24) is 5.32 Å². The average Bonchev–Trinajstić information content (AvgIpc) is 3.30. The Labute approximate surface area is 126 Å². The van der Waals surface area contributed by atoms with Gasteiger partial charge >= 0.3 is 0 Å². The highest BCUT2D eigenvalue weighted by molar-refractivity contribution is 5.38. The summed E-state index contributed by atoms with van der Waals surface area (Å²) in [6, 6.07) is 20.3. The molecule has 0 aromatic heterocycles. The molecule has 0 radical (unpaired) electrons. The largest absolute Gasteiger partial charge is 0.493 e. The Morgan fingerprint density at radius 1 is 1.00 bits per heavy atom. The molecule has 1 saturated carbocycles. The lowest BCUT2D eigenvalue weighted by atomic mass is 9.92. The van der Waals surface area contributed by atoms with Crippen LogP contribution in [0.5, 0.6) is 5.75 Å². The lowest BCUT2D eigenvalue weighted by Crippen LogP contribution is -2.35. The molecule has 0 amide bonds. The van der Waals surface area contributed by atoms with Crippen molar-refractivity contribution in [3.05, 3.63) is 65.7 Å². The average molecular weight is 279 g/mol. The van der Waals surface area contributed by atoms with Gasteiger partial charge in [-0.3, -0.25) is 0 Å². The van der Waals surface area contributed by atoms with Crippen molar-refractivity contribution in [1.29, 1.82) is 0 Å². The number of para-hydroxylation sites is 1. The van der Waals surface area contributed by atoms with Gasteiger partial charge in [-0.25, -0.2) is 0 Å². The molecule has 2 aliphatic rings. The van der Waals surface area contributed by atoms with Crippen molar-refractivity contribution >= 4 is 0 Å². The summed E-state index contributed by atoms with van der Waals surface area (Å²) in [5.41, 5.74) is 2.78. The second-order valence-electron chi connectivity index (χ2n) is 6.33. The van der Waals surface area contributed by atoms with Gasteiger partial charge in [0.2, 0.25) is 0 Å². The zero-order valence-electron chi connectivity index (χ0n) is 12.3. The van der Waals surface area contributed by atoms with E-state index >= 15 is 0 Å². The molecular weight excluding hydrogens is 258 g/mol. The molecule has 1 aliphatic carbocycles. The number of hydrogen-bond acceptors (Lipinski definition) is 2. The van der Waals surface area contributed by atoms with Gasteiger partial charge in [-0.15, -0.1) is 0 Å². The Morgan fingerprint density at radius 2 is 1.76 bits per heavy atom. The minimum atomic E-state index is 0.411. The van der Waals surface area contributed by atoms with Crippen LogP contribution in [-0.4, -0.2) is 12.6 Å². The van der Waals surface area contributed by atoms with E-state index in [-0.39, 0.29) is 0 Å². The molecule has 2 aromatic carbocycles. The molecule has 1 heterocycles. The number of nitrogens with one attached hydrogen (secondary N) is 1. The molecule has 1 aliphatic heterocycles. The van der Waals surface area contributed by atoms with E-state index in [1.165, 1.54) is 17.5 Å².